The third kappa shape index (κ3) is 3.78. The molecular weight excluding hydrogens is 406 g/mol. The zero-order chi connectivity index (χ0) is 22.1. The van der Waals surface area contributed by atoms with Crippen LogP contribution in [-0.2, 0) is 32.7 Å². The SMILES string of the molecule is Cn1ccc2cc(N(C(=O)C3CO3)C3(C(=O)NCc4ccccc4)CCOCC3)ccc21. The molecule has 5 rings (SSSR count). The number of epoxide rings is 1. The van der Waals surface area contributed by atoms with Gasteiger partial charge in [-0.2, -0.15) is 0 Å². The number of amides is 2. The molecule has 1 aromatic heterocycles. The fourth-order valence-electron chi connectivity index (χ4n) is 4.53. The van der Waals surface area contributed by atoms with E-state index in [-0.39, 0.29) is 11.8 Å². The van der Waals surface area contributed by atoms with E-state index in [1.54, 1.807) is 4.90 Å². The maximum Gasteiger partial charge on any atom is 0.259 e. The second-order valence-electron chi connectivity index (χ2n) is 8.48. The number of benzene rings is 2. The van der Waals surface area contributed by atoms with Crippen molar-refractivity contribution in [3.05, 3.63) is 66.4 Å². The van der Waals surface area contributed by atoms with E-state index in [2.05, 4.69) is 5.32 Å². The van der Waals surface area contributed by atoms with E-state index in [1.807, 2.05) is 72.4 Å². The third-order valence-corrected chi connectivity index (χ3v) is 6.42. The molecule has 1 N–H and O–H groups in total. The van der Waals surface area contributed by atoms with E-state index in [0.717, 1.165) is 16.5 Å². The number of hydrogen-bond acceptors (Lipinski definition) is 4. The van der Waals surface area contributed by atoms with Crippen molar-refractivity contribution < 1.29 is 19.1 Å². The number of aromatic nitrogens is 1. The molecule has 2 saturated heterocycles. The molecule has 7 nitrogen and oxygen atoms in total. The Morgan fingerprint density at radius 2 is 1.88 bits per heavy atom. The maximum atomic E-state index is 13.7. The Hall–Kier alpha value is -3.16. The molecular formula is C25H27N3O4. The zero-order valence-electron chi connectivity index (χ0n) is 18.1. The molecule has 166 valence electrons. The van der Waals surface area contributed by atoms with Gasteiger partial charge in [0.15, 0.2) is 6.10 Å². The summed E-state index contributed by atoms with van der Waals surface area (Å²) >= 11 is 0. The van der Waals surface area contributed by atoms with E-state index < -0.39 is 11.6 Å². The van der Waals surface area contributed by atoms with Crippen LogP contribution in [0.15, 0.2) is 60.8 Å². The molecule has 0 bridgehead atoms. The summed E-state index contributed by atoms with van der Waals surface area (Å²) in [6.07, 6.45) is 2.35. The van der Waals surface area contributed by atoms with Crippen LogP contribution in [0.2, 0.25) is 0 Å². The molecule has 1 atom stereocenters. The van der Waals surface area contributed by atoms with Gasteiger partial charge in [-0.15, -0.1) is 0 Å². The van der Waals surface area contributed by atoms with Crippen molar-refractivity contribution in [3.63, 3.8) is 0 Å². The van der Waals surface area contributed by atoms with Crippen LogP contribution in [0.25, 0.3) is 10.9 Å². The normalized spacial score (nSPS) is 19.5. The van der Waals surface area contributed by atoms with E-state index in [1.165, 1.54) is 0 Å². The van der Waals surface area contributed by atoms with Gasteiger partial charge in [0.1, 0.15) is 5.54 Å². The number of rotatable bonds is 6. The predicted molar refractivity (Wildman–Crippen MR) is 121 cm³/mol. The Morgan fingerprint density at radius 3 is 2.59 bits per heavy atom. The largest absolute Gasteiger partial charge is 0.381 e. The van der Waals surface area contributed by atoms with Gasteiger partial charge in [0, 0.05) is 62.4 Å². The topological polar surface area (TPSA) is 76.1 Å². The minimum absolute atomic E-state index is 0.160. The number of carbonyl (C=O) groups is 2. The highest BCUT2D eigenvalue weighted by Crippen LogP contribution is 2.37. The maximum absolute atomic E-state index is 13.7. The van der Waals surface area contributed by atoms with Gasteiger partial charge in [0.05, 0.1) is 6.61 Å². The molecule has 3 aromatic rings. The van der Waals surface area contributed by atoms with Crippen LogP contribution < -0.4 is 10.2 Å². The molecule has 0 radical (unpaired) electrons. The van der Waals surface area contributed by atoms with E-state index in [4.69, 9.17) is 9.47 Å². The van der Waals surface area contributed by atoms with Crippen molar-refractivity contribution in [1.82, 2.24) is 9.88 Å². The van der Waals surface area contributed by atoms with Crippen LogP contribution in [0, 0.1) is 0 Å². The number of anilines is 1. The summed E-state index contributed by atoms with van der Waals surface area (Å²) in [5.74, 6) is -0.330. The third-order valence-electron chi connectivity index (χ3n) is 6.42. The number of ether oxygens (including phenoxy) is 2. The summed E-state index contributed by atoms with van der Waals surface area (Å²) in [7, 11) is 1.99. The Bertz CT molecular complexity index is 1130. The first-order valence-corrected chi connectivity index (χ1v) is 11.0. The minimum Gasteiger partial charge on any atom is -0.381 e. The van der Waals surface area contributed by atoms with Crippen LogP contribution in [0.4, 0.5) is 5.69 Å². The molecule has 2 amide bonds. The molecule has 0 saturated carbocycles. The van der Waals surface area contributed by atoms with Crippen LogP contribution >= 0.6 is 0 Å². The van der Waals surface area contributed by atoms with Crippen molar-refractivity contribution in [3.8, 4) is 0 Å². The van der Waals surface area contributed by atoms with Gasteiger partial charge in [-0.1, -0.05) is 30.3 Å². The van der Waals surface area contributed by atoms with Crippen LogP contribution in [0.3, 0.4) is 0 Å². The average Bonchev–Trinajstić information content (AvgIpc) is 3.62. The van der Waals surface area contributed by atoms with Gasteiger partial charge in [0.2, 0.25) is 5.91 Å². The first kappa shape index (κ1) is 20.7. The Labute approximate surface area is 186 Å². The molecule has 2 aromatic carbocycles. The Balaban J connectivity index is 1.53. The molecule has 7 heteroatoms. The van der Waals surface area contributed by atoms with E-state index in [9.17, 15) is 9.59 Å². The fourth-order valence-corrected chi connectivity index (χ4v) is 4.53. The van der Waals surface area contributed by atoms with Gasteiger partial charge >= 0.3 is 0 Å². The highest BCUT2D eigenvalue weighted by atomic mass is 16.6. The second-order valence-corrected chi connectivity index (χ2v) is 8.48. The lowest BCUT2D eigenvalue weighted by Gasteiger charge is -2.44. The van der Waals surface area contributed by atoms with Crippen molar-refractivity contribution in [2.24, 2.45) is 7.05 Å². The van der Waals surface area contributed by atoms with Gasteiger partial charge in [-0.3, -0.25) is 14.5 Å². The number of carbonyl (C=O) groups excluding carboxylic acids is 2. The smallest absolute Gasteiger partial charge is 0.259 e. The highest BCUT2D eigenvalue weighted by molar-refractivity contribution is 6.07. The van der Waals surface area contributed by atoms with Crippen molar-refractivity contribution in [1.29, 1.82) is 0 Å². The second kappa shape index (κ2) is 8.41. The summed E-state index contributed by atoms with van der Waals surface area (Å²) in [5, 5.41) is 4.10. The Kier molecular flexibility index (Phi) is 5.45. The van der Waals surface area contributed by atoms with Crippen LogP contribution in [0.1, 0.15) is 18.4 Å². The van der Waals surface area contributed by atoms with Gasteiger partial charge in [-0.05, 0) is 29.8 Å². The van der Waals surface area contributed by atoms with Crippen LogP contribution in [0.5, 0.6) is 0 Å². The monoisotopic (exact) mass is 433 g/mol. The number of hydrogen-bond donors (Lipinski definition) is 1. The first-order valence-electron chi connectivity index (χ1n) is 11.0. The molecule has 2 aliphatic heterocycles. The van der Waals surface area contributed by atoms with E-state index in [0.29, 0.717) is 44.9 Å². The van der Waals surface area contributed by atoms with Crippen molar-refractivity contribution in [2.45, 2.75) is 31.0 Å². The van der Waals surface area contributed by atoms with Gasteiger partial charge in [0.25, 0.3) is 5.91 Å². The van der Waals surface area contributed by atoms with Gasteiger partial charge < -0.3 is 19.4 Å². The standard InChI is InChI=1S/C25H27N3O4/c1-27-12-9-19-15-20(7-8-21(19)27)28(23(29)22-17-32-22)25(10-13-31-14-11-25)24(30)26-16-18-5-3-2-4-6-18/h2-9,12,15,22H,10-11,13-14,16-17H2,1H3,(H,26,30). The molecule has 1 unspecified atom stereocenters. The van der Waals surface area contributed by atoms with E-state index >= 15 is 0 Å². The molecule has 3 heterocycles. The average molecular weight is 434 g/mol. The minimum atomic E-state index is -1.03. The fraction of sp³-hybridized carbons (Fsp3) is 0.360. The Morgan fingerprint density at radius 1 is 1.12 bits per heavy atom. The molecule has 2 fully saturated rings. The number of nitrogens with one attached hydrogen (secondary N) is 1. The molecule has 32 heavy (non-hydrogen) atoms. The first-order chi connectivity index (χ1) is 15.6. The van der Waals surface area contributed by atoms with Gasteiger partial charge in [-0.25, -0.2) is 0 Å². The lowest BCUT2D eigenvalue weighted by Crippen LogP contribution is -2.64. The quantitative estimate of drug-likeness (QED) is 0.607. The van der Waals surface area contributed by atoms with Crippen LogP contribution in [-0.4, -0.2) is 47.8 Å². The summed E-state index contributed by atoms with van der Waals surface area (Å²) < 4.78 is 13.0. The number of aryl methyl sites for hydroxylation is 1. The van der Waals surface area contributed by atoms with Crippen molar-refractivity contribution in [2.75, 3.05) is 24.7 Å². The summed E-state index contributed by atoms with van der Waals surface area (Å²) in [4.78, 5) is 28.9. The lowest BCUT2D eigenvalue weighted by molar-refractivity contribution is -0.134. The molecule has 0 spiro atoms. The predicted octanol–water partition coefficient (Wildman–Crippen LogP) is 2.78. The highest BCUT2D eigenvalue weighted by Gasteiger charge is 2.51. The lowest BCUT2D eigenvalue weighted by atomic mass is 9.85. The summed E-state index contributed by atoms with van der Waals surface area (Å²) in [5.41, 5.74) is 1.76. The van der Waals surface area contributed by atoms with Crippen molar-refractivity contribution >= 4 is 28.4 Å². The molecule has 2 aliphatic rings. The number of fused-ring (bicyclic) bond motifs is 1. The molecule has 0 aliphatic carbocycles. The summed E-state index contributed by atoms with van der Waals surface area (Å²) in [6.45, 7) is 1.63. The zero-order valence-corrected chi connectivity index (χ0v) is 18.1. The summed E-state index contributed by atoms with van der Waals surface area (Å²) in [6, 6.07) is 17.7. The number of nitrogens with zero attached hydrogens (tertiary/aromatic N) is 2.